The second kappa shape index (κ2) is 7.49. The van der Waals surface area contributed by atoms with Crippen molar-refractivity contribution < 1.29 is 17.6 Å². The van der Waals surface area contributed by atoms with Gasteiger partial charge in [-0.1, -0.05) is 0 Å². The summed E-state index contributed by atoms with van der Waals surface area (Å²) in [6, 6.07) is 3.18. The van der Waals surface area contributed by atoms with Crippen LogP contribution in [0.25, 0.3) is 0 Å². The minimum atomic E-state index is -3.89. The zero-order chi connectivity index (χ0) is 17.7. The minimum Gasteiger partial charge on any atom is -0.351 e. The summed E-state index contributed by atoms with van der Waals surface area (Å²) in [6.07, 6.45) is 2.90. The molecule has 2 N–H and O–H groups in total. The van der Waals surface area contributed by atoms with Crippen molar-refractivity contribution in [1.29, 1.82) is 0 Å². The first kappa shape index (κ1) is 18.0. The number of hydrogen-bond donors (Lipinski definition) is 2. The highest BCUT2D eigenvalue weighted by Gasteiger charge is 2.17. The number of aromatic nitrogens is 3. The Bertz CT molecular complexity index is 808. The molecule has 0 spiro atoms. The van der Waals surface area contributed by atoms with E-state index >= 15 is 0 Å². The van der Waals surface area contributed by atoms with Crippen molar-refractivity contribution in [2.45, 2.75) is 31.3 Å². The Labute approximate surface area is 139 Å². The third-order valence-corrected chi connectivity index (χ3v) is 4.60. The Kier molecular flexibility index (Phi) is 5.62. The summed E-state index contributed by atoms with van der Waals surface area (Å²) in [5.74, 6) is -0.973. The number of aryl methyl sites for hydroxylation is 1. The van der Waals surface area contributed by atoms with E-state index in [1.54, 1.807) is 11.6 Å². The highest BCUT2D eigenvalue weighted by Crippen LogP contribution is 2.13. The van der Waals surface area contributed by atoms with Crippen LogP contribution in [0.3, 0.4) is 0 Å². The van der Waals surface area contributed by atoms with Crippen LogP contribution in [-0.2, 0) is 21.4 Å². The molecule has 0 aliphatic carbocycles. The second-order valence-corrected chi connectivity index (χ2v) is 7.09. The molecule has 0 radical (unpaired) electrons. The average Bonchev–Trinajstić information content (AvgIpc) is 3.00. The molecular formula is C14H18FN5O3S. The highest BCUT2D eigenvalue weighted by atomic mass is 32.2. The molecule has 1 unspecified atom stereocenters. The van der Waals surface area contributed by atoms with Crippen molar-refractivity contribution in [1.82, 2.24) is 24.8 Å². The Morgan fingerprint density at radius 1 is 1.42 bits per heavy atom. The topological polar surface area (TPSA) is 106 Å². The first-order valence-electron chi connectivity index (χ1n) is 7.15. The molecule has 0 bridgehead atoms. The van der Waals surface area contributed by atoms with Crippen LogP contribution < -0.4 is 10.0 Å². The molecule has 1 amide bonds. The first-order valence-corrected chi connectivity index (χ1v) is 8.64. The van der Waals surface area contributed by atoms with Crippen molar-refractivity contribution in [3.05, 3.63) is 42.2 Å². The molecule has 130 valence electrons. The summed E-state index contributed by atoms with van der Waals surface area (Å²) in [5, 5.41) is 6.56. The standard InChI is InChI=1S/C14H18FN5O3S/c1-10-5-12(3-4-13(10)15)24(22,23)18-6-14(21)19-11(2)7-20-9-16-8-17-20/h3-5,8-9,11,18H,6-7H2,1-2H3,(H,19,21). The molecule has 1 aromatic heterocycles. The predicted molar refractivity (Wildman–Crippen MR) is 84.0 cm³/mol. The number of halogens is 1. The molecule has 0 aliphatic rings. The SMILES string of the molecule is Cc1cc(S(=O)(=O)NCC(=O)NC(C)Cn2cncn2)ccc1F. The van der Waals surface area contributed by atoms with Crippen molar-refractivity contribution in [3.8, 4) is 0 Å². The fourth-order valence-electron chi connectivity index (χ4n) is 2.01. The molecule has 8 nitrogen and oxygen atoms in total. The molecular weight excluding hydrogens is 337 g/mol. The van der Waals surface area contributed by atoms with Gasteiger partial charge in [-0.3, -0.25) is 9.48 Å². The number of amides is 1. The first-order chi connectivity index (χ1) is 11.3. The molecule has 0 aliphatic heterocycles. The average molecular weight is 355 g/mol. The highest BCUT2D eigenvalue weighted by molar-refractivity contribution is 7.89. The number of nitrogens with zero attached hydrogens (tertiary/aromatic N) is 3. The summed E-state index contributed by atoms with van der Waals surface area (Å²) in [6.45, 7) is 3.22. The quantitative estimate of drug-likeness (QED) is 0.738. The van der Waals surface area contributed by atoms with E-state index in [-0.39, 0.29) is 16.5 Å². The number of carbonyl (C=O) groups is 1. The van der Waals surface area contributed by atoms with E-state index in [9.17, 15) is 17.6 Å². The fraction of sp³-hybridized carbons (Fsp3) is 0.357. The lowest BCUT2D eigenvalue weighted by Crippen LogP contribution is -2.42. The van der Waals surface area contributed by atoms with Gasteiger partial charge in [0.2, 0.25) is 15.9 Å². The molecule has 24 heavy (non-hydrogen) atoms. The summed E-state index contributed by atoms with van der Waals surface area (Å²) in [4.78, 5) is 15.5. The zero-order valence-electron chi connectivity index (χ0n) is 13.2. The van der Waals surface area contributed by atoms with E-state index in [1.165, 1.54) is 25.6 Å². The molecule has 0 saturated heterocycles. The van der Waals surface area contributed by atoms with Gasteiger partial charge in [0.25, 0.3) is 0 Å². The molecule has 2 rings (SSSR count). The van der Waals surface area contributed by atoms with Crippen LogP contribution in [0.15, 0.2) is 35.7 Å². The van der Waals surface area contributed by atoms with E-state index in [4.69, 9.17) is 0 Å². The Hall–Kier alpha value is -2.33. The predicted octanol–water partition coefficient (Wildman–Crippen LogP) is 0.209. The van der Waals surface area contributed by atoms with E-state index in [0.29, 0.717) is 6.54 Å². The van der Waals surface area contributed by atoms with Gasteiger partial charge in [0.15, 0.2) is 0 Å². The monoisotopic (exact) mass is 355 g/mol. The molecule has 0 fully saturated rings. The number of nitrogens with one attached hydrogen (secondary N) is 2. The number of rotatable bonds is 7. The summed E-state index contributed by atoms with van der Waals surface area (Å²) in [7, 11) is -3.89. The van der Waals surface area contributed by atoms with Crippen LogP contribution in [0.4, 0.5) is 4.39 Å². The van der Waals surface area contributed by atoms with Crippen LogP contribution >= 0.6 is 0 Å². The van der Waals surface area contributed by atoms with Gasteiger partial charge < -0.3 is 5.32 Å². The van der Waals surface area contributed by atoms with Crippen LogP contribution in [0.2, 0.25) is 0 Å². The maximum Gasteiger partial charge on any atom is 0.241 e. The Morgan fingerprint density at radius 2 is 2.17 bits per heavy atom. The van der Waals surface area contributed by atoms with Crippen LogP contribution in [0.5, 0.6) is 0 Å². The molecule has 1 atom stereocenters. The molecule has 0 saturated carbocycles. The zero-order valence-corrected chi connectivity index (χ0v) is 14.0. The van der Waals surface area contributed by atoms with Gasteiger partial charge in [-0.05, 0) is 37.6 Å². The van der Waals surface area contributed by atoms with E-state index < -0.39 is 28.3 Å². The third-order valence-electron chi connectivity index (χ3n) is 3.20. The van der Waals surface area contributed by atoms with Gasteiger partial charge in [0.05, 0.1) is 18.0 Å². The number of sulfonamides is 1. The molecule has 1 heterocycles. The number of benzene rings is 1. The summed E-state index contributed by atoms with van der Waals surface area (Å²) in [5.41, 5.74) is 0.212. The van der Waals surface area contributed by atoms with E-state index in [0.717, 1.165) is 12.1 Å². The van der Waals surface area contributed by atoms with Gasteiger partial charge in [-0.15, -0.1) is 0 Å². The van der Waals surface area contributed by atoms with Gasteiger partial charge in [-0.25, -0.2) is 22.5 Å². The van der Waals surface area contributed by atoms with Crippen molar-refractivity contribution in [2.24, 2.45) is 0 Å². The number of hydrogen-bond acceptors (Lipinski definition) is 5. The Balaban J connectivity index is 1.89. The lowest BCUT2D eigenvalue weighted by atomic mass is 10.2. The normalized spacial score (nSPS) is 12.8. The van der Waals surface area contributed by atoms with Gasteiger partial charge in [0, 0.05) is 6.04 Å². The third kappa shape index (κ3) is 4.83. The van der Waals surface area contributed by atoms with Gasteiger partial charge in [0.1, 0.15) is 18.5 Å². The van der Waals surface area contributed by atoms with E-state index in [2.05, 4.69) is 20.1 Å². The fourth-order valence-corrected chi connectivity index (χ4v) is 3.07. The van der Waals surface area contributed by atoms with Crippen LogP contribution in [0, 0.1) is 12.7 Å². The van der Waals surface area contributed by atoms with Crippen molar-refractivity contribution >= 4 is 15.9 Å². The molecule has 10 heteroatoms. The summed E-state index contributed by atoms with van der Waals surface area (Å²) >= 11 is 0. The van der Waals surface area contributed by atoms with Crippen LogP contribution in [0.1, 0.15) is 12.5 Å². The molecule has 2 aromatic rings. The van der Waals surface area contributed by atoms with Gasteiger partial charge in [-0.2, -0.15) is 5.10 Å². The second-order valence-electron chi connectivity index (χ2n) is 5.32. The maximum absolute atomic E-state index is 13.2. The maximum atomic E-state index is 13.2. The van der Waals surface area contributed by atoms with Crippen molar-refractivity contribution in [2.75, 3.05) is 6.54 Å². The minimum absolute atomic E-state index is 0.0927. The Morgan fingerprint density at radius 3 is 2.79 bits per heavy atom. The molecule has 1 aromatic carbocycles. The lowest BCUT2D eigenvalue weighted by Gasteiger charge is -2.14. The van der Waals surface area contributed by atoms with E-state index in [1.807, 2.05) is 0 Å². The largest absolute Gasteiger partial charge is 0.351 e. The lowest BCUT2D eigenvalue weighted by molar-refractivity contribution is -0.120. The van der Waals surface area contributed by atoms with Crippen LogP contribution in [-0.4, -0.2) is 41.7 Å². The summed E-state index contributed by atoms with van der Waals surface area (Å²) < 4.78 is 41.2. The van der Waals surface area contributed by atoms with Gasteiger partial charge >= 0.3 is 0 Å². The smallest absolute Gasteiger partial charge is 0.241 e. The number of carbonyl (C=O) groups excluding carboxylic acids is 1. The van der Waals surface area contributed by atoms with Crippen molar-refractivity contribution in [3.63, 3.8) is 0 Å².